The van der Waals surface area contributed by atoms with Crippen molar-refractivity contribution in [2.24, 2.45) is 7.05 Å². The summed E-state index contributed by atoms with van der Waals surface area (Å²) < 4.78 is 7.64. The van der Waals surface area contributed by atoms with E-state index in [4.69, 9.17) is 10.5 Å². The van der Waals surface area contributed by atoms with Gasteiger partial charge in [0.15, 0.2) is 0 Å². The van der Waals surface area contributed by atoms with E-state index < -0.39 is 0 Å². The van der Waals surface area contributed by atoms with E-state index in [1.165, 1.54) is 0 Å². The van der Waals surface area contributed by atoms with Gasteiger partial charge in [-0.2, -0.15) is 5.10 Å². The number of rotatable bonds is 6. The van der Waals surface area contributed by atoms with Crippen molar-refractivity contribution in [1.82, 2.24) is 19.7 Å². The molecule has 1 amide bonds. The number of pyridine rings is 1. The number of aryl methyl sites for hydroxylation is 3. The molecule has 0 aromatic carbocycles. The Morgan fingerprint density at radius 1 is 1.36 bits per heavy atom. The molecule has 1 aliphatic rings. The van der Waals surface area contributed by atoms with Gasteiger partial charge in [0.2, 0.25) is 5.91 Å². The molecule has 1 saturated heterocycles. The second kappa shape index (κ2) is 8.11. The molecular weight excluding hydrogens is 318 g/mol. The van der Waals surface area contributed by atoms with Crippen molar-refractivity contribution >= 4 is 11.7 Å². The molecule has 0 bridgehead atoms. The van der Waals surface area contributed by atoms with Crippen molar-refractivity contribution < 1.29 is 9.53 Å². The minimum absolute atomic E-state index is 0.0730. The van der Waals surface area contributed by atoms with E-state index in [1.54, 1.807) is 12.4 Å². The summed E-state index contributed by atoms with van der Waals surface area (Å²) in [6.45, 7) is 1.92. The number of amides is 1. The molecule has 7 heteroatoms. The van der Waals surface area contributed by atoms with E-state index in [1.807, 2.05) is 34.8 Å². The van der Waals surface area contributed by atoms with Crippen LogP contribution in [-0.2, 0) is 29.4 Å². The molecule has 3 rings (SSSR count). The van der Waals surface area contributed by atoms with E-state index >= 15 is 0 Å². The Morgan fingerprint density at radius 2 is 2.24 bits per heavy atom. The number of nitrogen functional groups attached to an aromatic ring is 1. The summed E-state index contributed by atoms with van der Waals surface area (Å²) in [6.07, 6.45) is 6.52. The number of morpholine rings is 1. The highest BCUT2D eigenvalue weighted by Crippen LogP contribution is 2.15. The first-order valence-electron chi connectivity index (χ1n) is 8.68. The van der Waals surface area contributed by atoms with Gasteiger partial charge >= 0.3 is 0 Å². The zero-order valence-electron chi connectivity index (χ0n) is 14.6. The molecule has 2 aromatic heterocycles. The van der Waals surface area contributed by atoms with Crippen LogP contribution >= 0.6 is 0 Å². The van der Waals surface area contributed by atoms with Gasteiger partial charge in [-0.1, -0.05) is 0 Å². The van der Waals surface area contributed by atoms with Gasteiger partial charge in [0.1, 0.15) is 5.82 Å². The van der Waals surface area contributed by atoms with Gasteiger partial charge in [-0.15, -0.1) is 0 Å². The van der Waals surface area contributed by atoms with Crippen LogP contribution < -0.4 is 5.73 Å². The number of anilines is 1. The predicted molar refractivity (Wildman–Crippen MR) is 94.8 cm³/mol. The summed E-state index contributed by atoms with van der Waals surface area (Å²) in [6, 6.07) is 5.81. The first-order chi connectivity index (χ1) is 12.1. The second-order valence-electron chi connectivity index (χ2n) is 6.41. The molecule has 2 aromatic rings. The fourth-order valence-electron chi connectivity index (χ4n) is 3.14. The monoisotopic (exact) mass is 343 g/mol. The van der Waals surface area contributed by atoms with Gasteiger partial charge in [-0.3, -0.25) is 9.48 Å². The summed E-state index contributed by atoms with van der Waals surface area (Å²) >= 11 is 0. The van der Waals surface area contributed by atoms with Crippen LogP contribution in [0.25, 0.3) is 0 Å². The first kappa shape index (κ1) is 17.4. The molecule has 2 N–H and O–H groups in total. The smallest absolute Gasteiger partial charge is 0.223 e. The Balaban J connectivity index is 1.47. The summed E-state index contributed by atoms with van der Waals surface area (Å²) in [4.78, 5) is 18.4. The van der Waals surface area contributed by atoms with E-state index in [9.17, 15) is 4.79 Å². The van der Waals surface area contributed by atoms with Gasteiger partial charge in [0, 0.05) is 44.6 Å². The second-order valence-corrected chi connectivity index (χ2v) is 6.41. The van der Waals surface area contributed by atoms with Crippen LogP contribution in [0.2, 0.25) is 0 Å². The molecule has 1 aliphatic heterocycles. The van der Waals surface area contributed by atoms with E-state index in [-0.39, 0.29) is 12.0 Å². The maximum absolute atomic E-state index is 12.5. The van der Waals surface area contributed by atoms with Crippen molar-refractivity contribution in [3.63, 3.8) is 0 Å². The molecule has 1 atom stereocenters. The topological polar surface area (TPSA) is 86.3 Å². The summed E-state index contributed by atoms with van der Waals surface area (Å²) in [7, 11) is 1.90. The largest absolute Gasteiger partial charge is 0.384 e. The zero-order chi connectivity index (χ0) is 17.6. The standard InChI is InChI=1S/C18H25N5O2/c1-22-15(7-9-21-22)3-5-18(24)23-10-11-25-16(13-23)4-2-14-6-8-20-17(19)12-14/h6-9,12,16H,2-5,10-11,13H2,1H3,(H2,19,20). The molecule has 134 valence electrons. The number of ether oxygens (including phenoxy) is 1. The molecule has 0 spiro atoms. The van der Waals surface area contributed by atoms with Gasteiger partial charge < -0.3 is 15.4 Å². The number of nitrogens with zero attached hydrogens (tertiary/aromatic N) is 4. The maximum atomic E-state index is 12.5. The minimum atomic E-state index is 0.0730. The van der Waals surface area contributed by atoms with Crippen molar-refractivity contribution in [2.45, 2.75) is 31.8 Å². The molecule has 0 radical (unpaired) electrons. The molecule has 3 heterocycles. The zero-order valence-corrected chi connectivity index (χ0v) is 14.6. The lowest BCUT2D eigenvalue weighted by Gasteiger charge is -2.33. The Bertz CT molecular complexity index is 715. The van der Waals surface area contributed by atoms with Crippen LogP contribution in [0, 0.1) is 0 Å². The average molecular weight is 343 g/mol. The molecule has 1 unspecified atom stereocenters. The summed E-state index contributed by atoms with van der Waals surface area (Å²) in [5.41, 5.74) is 7.94. The number of nitrogens with two attached hydrogens (primary N) is 1. The third-order valence-electron chi connectivity index (χ3n) is 4.61. The third kappa shape index (κ3) is 4.79. The van der Waals surface area contributed by atoms with Crippen molar-refractivity contribution in [2.75, 3.05) is 25.4 Å². The lowest BCUT2D eigenvalue weighted by Crippen LogP contribution is -2.45. The van der Waals surface area contributed by atoms with Crippen LogP contribution in [0.5, 0.6) is 0 Å². The highest BCUT2D eigenvalue weighted by molar-refractivity contribution is 5.76. The number of carbonyl (C=O) groups excluding carboxylic acids is 1. The average Bonchev–Trinajstić information content (AvgIpc) is 3.03. The highest BCUT2D eigenvalue weighted by atomic mass is 16.5. The SMILES string of the molecule is Cn1nccc1CCC(=O)N1CCOC(CCc2ccnc(N)c2)C1. The molecule has 0 saturated carbocycles. The van der Waals surface area contributed by atoms with Crippen LogP contribution in [0.15, 0.2) is 30.6 Å². The van der Waals surface area contributed by atoms with Crippen molar-refractivity contribution in [1.29, 1.82) is 0 Å². The Hall–Kier alpha value is -2.41. The van der Waals surface area contributed by atoms with Gasteiger partial charge in [-0.25, -0.2) is 4.98 Å². The molecule has 25 heavy (non-hydrogen) atoms. The lowest BCUT2D eigenvalue weighted by molar-refractivity contribution is -0.138. The van der Waals surface area contributed by atoms with Crippen LogP contribution in [-0.4, -0.2) is 51.4 Å². The Kier molecular flexibility index (Phi) is 5.65. The summed E-state index contributed by atoms with van der Waals surface area (Å²) in [5.74, 6) is 0.719. The minimum Gasteiger partial charge on any atom is -0.384 e. The Morgan fingerprint density at radius 3 is 3.00 bits per heavy atom. The molecule has 1 fully saturated rings. The van der Waals surface area contributed by atoms with Gasteiger partial charge in [0.05, 0.1) is 12.7 Å². The fourth-order valence-corrected chi connectivity index (χ4v) is 3.14. The maximum Gasteiger partial charge on any atom is 0.223 e. The number of carbonyl (C=O) groups is 1. The highest BCUT2D eigenvalue weighted by Gasteiger charge is 2.24. The quantitative estimate of drug-likeness (QED) is 0.851. The number of hydrogen-bond donors (Lipinski definition) is 1. The predicted octanol–water partition coefficient (Wildman–Crippen LogP) is 1.19. The fraction of sp³-hybridized carbons (Fsp3) is 0.500. The van der Waals surface area contributed by atoms with Gasteiger partial charge in [0.25, 0.3) is 0 Å². The number of aromatic nitrogens is 3. The Labute approximate surface area is 147 Å². The van der Waals surface area contributed by atoms with E-state index in [0.29, 0.717) is 38.4 Å². The van der Waals surface area contributed by atoms with Crippen LogP contribution in [0.4, 0.5) is 5.82 Å². The summed E-state index contributed by atoms with van der Waals surface area (Å²) in [5, 5.41) is 4.14. The first-order valence-corrected chi connectivity index (χ1v) is 8.68. The van der Waals surface area contributed by atoms with Crippen LogP contribution in [0.1, 0.15) is 24.1 Å². The third-order valence-corrected chi connectivity index (χ3v) is 4.61. The normalized spacial score (nSPS) is 17.6. The lowest BCUT2D eigenvalue weighted by atomic mass is 10.1. The molecule has 0 aliphatic carbocycles. The van der Waals surface area contributed by atoms with Crippen molar-refractivity contribution in [3.05, 3.63) is 41.9 Å². The molecule has 7 nitrogen and oxygen atoms in total. The molecular formula is C18H25N5O2. The van der Waals surface area contributed by atoms with E-state index in [2.05, 4.69) is 10.1 Å². The van der Waals surface area contributed by atoms with Crippen LogP contribution in [0.3, 0.4) is 0 Å². The van der Waals surface area contributed by atoms with Crippen molar-refractivity contribution in [3.8, 4) is 0 Å². The number of hydrogen-bond acceptors (Lipinski definition) is 5. The van der Waals surface area contributed by atoms with E-state index in [0.717, 1.165) is 24.1 Å². The van der Waals surface area contributed by atoms with Gasteiger partial charge in [-0.05, 0) is 43.0 Å².